The fourth-order valence-corrected chi connectivity index (χ4v) is 3.68. The molecule has 0 aliphatic carbocycles. The molecule has 5 heteroatoms. The molecule has 0 amide bonds. The molecule has 4 nitrogen and oxygen atoms in total. The lowest BCUT2D eigenvalue weighted by Gasteiger charge is -2.34. The van der Waals surface area contributed by atoms with Gasteiger partial charge in [-0.1, -0.05) is 43.6 Å². The highest BCUT2D eigenvalue weighted by Crippen LogP contribution is 2.20. The van der Waals surface area contributed by atoms with E-state index in [0.29, 0.717) is 19.1 Å². The van der Waals surface area contributed by atoms with E-state index < -0.39 is 6.10 Å². The van der Waals surface area contributed by atoms with Crippen LogP contribution < -0.4 is 14.5 Å². The third kappa shape index (κ3) is 5.86. The molecule has 1 aliphatic rings. The third-order valence-electron chi connectivity index (χ3n) is 5.16. The minimum absolute atomic E-state index is 0.336. The topological polar surface area (TPSA) is 37.1 Å². The van der Waals surface area contributed by atoms with Crippen molar-refractivity contribution in [2.24, 2.45) is 0 Å². The lowest BCUT2D eigenvalue weighted by molar-refractivity contribution is -0.903. The minimum Gasteiger partial charge on any atom is -0.491 e. The van der Waals surface area contributed by atoms with Crippen LogP contribution in [0.1, 0.15) is 25.3 Å². The number of piperazine rings is 1. The van der Waals surface area contributed by atoms with E-state index in [2.05, 4.69) is 36.9 Å². The second-order valence-electron chi connectivity index (χ2n) is 7.61. The van der Waals surface area contributed by atoms with E-state index in [1.165, 1.54) is 16.2 Å². The van der Waals surface area contributed by atoms with Gasteiger partial charge in [0, 0.05) is 10.7 Å². The Morgan fingerprint density at radius 3 is 2.44 bits per heavy atom. The summed E-state index contributed by atoms with van der Waals surface area (Å²) in [7, 11) is 0. The molecule has 0 unspecified atom stereocenters. The summed E-state index contributed by atoms with van der Waals surface area (Å²) in [6.45, 7) is 9.36. The average molecular weight is 390 g/mol. The number of benzene rings is 2. The first-order valence-corrected chi connectivity index (χ1v) is 10.1. The molecule has 3 rings (SSSR count). The lowest BCUT2D eigenvalue weighted by atomic mass is 10.0. The van der Waals surface area contributed by atoms with Crippen molar-refractivity contribution in [3.05, 3.63) is 59.1 Å². The van der Waals surface area contributed by atoms with Crippen LogP contribution in [-0.2, 0) is 0 Å². The monoisotopic (exact) mass is 389 g/mol. The van der Waals surface area contributed by atoms with Gasteiger partial charge in [-0.25, -0.2) is 0 Å². The van der Waals surface area contributed by atoms with Gasteiger partial charge in [-0.3, -0.25) is 0 Å². The smallest absolute Gasteiger partial charge is 0.137 e. The fourth-order valence-electron chi connectivity index (χ4n) is 3.49. The van der Waals surface area contributed by atoms with Gasteiger partial charge in [0.1, 0.15) is 25.0 Å². The van der Waals surface area contributed by atoms with Crippen LogP contribution in [0.5, 0.6) is 5.75 Å². The summed E-state index contributed by atoms with van der Waals surface area (Å²) in [6.07, 6.45) is -0.456. The van der Waals surface area contributed by atoms with Crippen LogP contribution in [0.4, 0.5) is 5.69 Å². The summed E-state index contributed by atoms with van der Waals surface area (Å²) in [5.74, 6) is 1.33. The largest absolute Gasteiger partial charge is 0.491 e. The number of nitrogens with zero attached hydrogens (tertiary/aromatic N) is 1. The zero-order valence-corrected chi connectivity index (χ0v) is 17.0. The van der Waals surface area contributed by atoms with E-state index in [1.807, 2.05) is 30.3 Å². The van der Waals surface area contributed by atoms with Crippen LogP contribution in [-0.4, -0.2) is 50.5 Å². The molecule has 0 saturated carbocycles. The van der Waals surface area contributed by atoms with Gasteiger partial charge >= 0.3 is 0 Å². The molecule has 27 heavy (non-hydrogen) atoms. The summed E-state index contributed by atoms with van der Waals surface area (Å²) in [5.41, 5.74) is 2.47. The Balaban J connectivity index is 1.41. The zero-order valence-electron chi connectivity index (χ0n) is 16.2. The number of quaternary nitrogens is 1. The first kappa shape index (κ1) is 20.0. The Labute approximate surface area is 167 Å². The first-order chi connectivity index (χ1) is 13.0. The molecule has 0 radical (unpaired) electrons. The average Bonchev–Trinajstić information content (AvgIpc) is 2.67. The van der Waals surface area contributed by atoms with Crippen molar-refractivity contribution in [2.75, 3.05) is 44.2 Å². The van der Waals surface area contributed by atoms with Crippen LogP contribution in [0, 0.1) is 0 Å². The number of aliphatic hydroxyl groups excluding tert-OH is 1. The number of nitrogens with one attached hydrogen (secondary N) is 1. The van der Waals surface area contributed by atoms with Crippen molar-refractivity contribution in [1.82, 2.24) is 0 Å². The molecule has 1 aliphatic heterocycles. The second kappa shape index (κ2) is 9.45. The number of hydrogen-bond donors (Lipinski definition) is 2. The van der Waals surface area contributed by atoms with Crippen LogP contribution in [0.2, 0.25) is 5.02 Å². The number of rotatable bonds is 7. The van der Waals surface area contributed by atoms with Gasteiger partial charge in [0.2, 0.25) is 0 Å². The summed E-state index contributed by atoms with van der Waals surface area (Å²) >= 11 is 6.09. The molecule has 0 aromatic heterocycles. The normalized spacial score (nSPS) is 16.6. The SMILES string of the molecule is CC(C)c1ccc(OC[C@H](O)C[NH+]2CCN(c3cccc(Cl)c3)CC2)cc1. The first-order valence-electron chi connectivity index (χ1n) is 9.76. The molecule has 1 saturated heterocycles. The maximum atomic E-state index is 10.3. The van der Waals surface area contributed by atoms with E-state index in [1.54, 1.807) is 0 Å². The standard InChI is InChI=1S/C22H29ClN2O2/c1-17(2)18-6-8-22(9-7-18)27-16-21(26)15-24-10-12-25(13-11-24)20-5-3-4-19(23)14-20/h3-9,14,17,21,26H,10-13,15-16H2,1-2H3/p+1/t21-/m1/s1. The van der Waals surface area contributed by atoms with Gasteiger partial charge < -0.3 is 19.6 Å². The van der Waals surface area contributed by atoms with Gasteiger partial charge in [0.05, 0.1) is 26.2 Å². The second-order valence-corrected chi connectivity index (χ2v) is 8.05. The van der Waals surface area contributed by atoms with Gasteiger partial charge in [-0.05, 0) is 41.8 Å². The molecule has 1 atom stereocenters. The summed E-state index contributed by atoms with van der Waals surface area (Å²) in [5, 5.41) is 11.1. The maximum absolute atomic E-state index is 10.3. The quantitative estimate of drug-likeness (QED) is 0.764. The van der Waals surface area contributed by atoms with Crippen molar-refractivity contribution >= 4 is 17.3 Å². The molecule has 2 aromatic rings. The van der Waals surface area contributed by atoms with E-state index in [4.69, 9.17) is 16.3 Å². The zero-order chi connectivity index (χ0) is 19.2. The van der Waals surface area contributed by atoms with Crippen LogP contribution in [0.3, 0.4) is 0 Å². The molecule has 1 heterocycles. The predicted molar refractivity (Wildman–Crippen MR) is 111 cm³/mol. The van der Waals surface area contributed by atoms with Gasteiger partial charge in [-0.2, -0.15) is 0 Å². The van der Waals surface area contributed by atoms with Crippen molar-refractivity contribution < 1.29 is 14.7 Å². The lowest BCUT2D eigenvalue weighted by Crippen LogP contribution is -3.16. The van der Waals surface area contributed by atoms with E-state index in [0.717, 1.165) is 37.0 Å². The molecule has 0 bridgehead atoms. The highest BCUT2D eigenvalue weighted by molar-refractivity contribution is 6.30. The van der Waals surface area contributed by atoms with Crippen LogP contribution in [0.25, 0.3) is 0 Å². The van der Waals surface area contributed by atoms with Gasteiger partial charge in [0.25, 0.3) is 0 Å². The number of aliphatic hydroxyl groups is 1. The Hall–Kier alpha value is -1.75. The summed E-state index contributed by atoms with van der Waals surface area (Å²) < 4.78 is 5.76. The van der Waals surface area contributed by atoms with Crippen LogP contribution in [0.15, 0.2) is 48.5 Å². The molecule has 146 valence electrons. The number of halogens is 1. The molecule has 0 spiro atoms. The molecular formula is C22H30ClN2O2+. The van der Waals surface area contributed by atoms with Crippen molar-refractivity contribution in [3.8, 4) is 5.75 Å². The van der Waals surface area contributed by atoms with E-state index in [9.17, 15) is 5.11 Å². The van der Waals surface area contributed by atoms with E-state index >= 15 is 0 Å². The number of ether oxygens (including phenoxy) is 1. The van der Waals surface area contributed by atoms with Crippen molar-refractivity contribution in [3.63, 3.8) is 0 Å². The Morgan fingerprint density at radius 1 is 1.11 bits per heavy atom. The highest BCUT2D eigenvalue weighted by Gasteiger charge is 2.23. The molecule has 2 aromatic carbocycles. The minimum atomic E-state index is -0.456. The maximum Gasteiger partial charge on any atom is 0.137 e. The van der Waals surface area contributed by atoms with Gasteiger partial charge in [-0.15, -0.1) is 0 Å². The van der Waals surface area contributed by atoms with Crippen LogP contribution >= 0.6 is 11.6 Å². The Bertz CT molecular complexity index is 713. The Morgan fingerprint density at radius 2 is 1.81 bits per heavy atom. The van der Waals surface area contributed by atoms with E-state index in [-0.39, 0.29) is 0 Å². The molecule has 2 N–H and O–H groups in total. The molecule has 1 fully saturated rings. The fraction of sp³-hybridized carbons (Fsp3) is 0.455. The summed E-state index contributed by atoms with van der Waals surface area (Å²) in [6, 6.07) is 16.2. The molecular weight excluding hydrogens is 360 g/mol. The Kier molecular flexibility index (Phi) is 7.00. The highest BCUT2D eigenvalue weighted by atomic mass is 35.5. The summed E-state index contributed by atoms with van der Waals surface area (Å²) in [4.78, 5) is 3.77. The third-order valence-corrected chi connectivity index (χ3v) is 5.39. The number of hydrogen-bond acceptors (Lipinski definition) is 3. The van der Waals surface area contributed by atoms with Gasteiger partial charge in [0.15, 0.2) is 0 Å². The number of anilines is 1. The predicted octanol–water partition coefficient (Wildman–Crippen LogP) is 2.61. The van der Waals surface area contributed by atoms with Crippen molar-refractivity contribution in [1.29, 1.82) is 0 Å². The van der Waals surface area contributed by atoms with Crippen molar-refractivity contribution in [2.45, 2.75) is 25.9 Å².